The topological polar surface area (TPSA) is 138 Å². The van der Waals surface area contributed by atoms with Crippen LogP contribution in [-0.4, -0.2) is 37.0 Å². The summed E-state index contributed by atoms with van der Waals surface area (Å²) in [6.45, 7) is 3.59. The molecular weight excluding hydrogens is 514 g/mol. The van der Waals surface area contributed by atoms with Gasteiger partial charge in [0.05, 0.1) is 37.5 Å². The van der Waals surface area contributed by atoms with Crippen molar-refractivity contribution in [2.75, 3.05) is 3.71 Å². The first-order valence-electron chi connectivity index (χ1n) is 11.0. The van der Waals surface area contributed by atoms with Crippen molar-refractivity contribution in [1.29, 1.82) is 0 Å². The van der Waals surface area contributed by atoms with Gasteiger partial charge in [0, 0.05) is 12.1 Å². The predicted molar refractivity (Wildman–Crippen MR) is 140 cm³/mol. The molecule has 1 heterocycles. The number of fused-ring (bicyclic) bond motifs is 2. The highest BCUT2D eigenvalue weighted by Gasteiger charge is 2.37. The number of rotatable bonds is 5. The van der Waals surface area contributed by atoms with Crippen LogP contribution >= 0.6 is 0 Å². The highest BCUT2D eigenvalue weighted by molar-refractivity contribution is 8.10. The Hall–Kier alpha value is -4.22. The minimum absolute atomic E-state index is 0.162. The molecule has 1 aromatic heterocycles. The molecule has 5 aromatic rings. The van der Waals surface area contributed by atoms with E-state index in [1.165, 1.54) is 54.6 Å². The molecule has 5 rings (SSSR count). The van der Waals surface area contributed by atoms with Gasteiger partial charge >= 0.3 is 0 Å². The largest absolute Gasteiger partial charge is 0.504 e. The van der Waals surface area contributed by atoms with Crippen molar-refractivity contribution >= 4 is 47.8 Å². The van der Waals surface area contributed by atoms with E-state index in [2.05, 4.69) is 9.97 Å². The van der Waals surface area contributed by atoms with Crippen molar-refractivity contribution in [3.63, 3.8) is 0 Å². The second kappa shape index (κ2) is 8.71. The summed E-state index contributed by atoms with van der Waals surface area (Å²) in [5.74, 6) is -0.764. The Balaban J connectivity index is 1.76. The van der Waals surface area contributed by atoms with E-state index in [0.29, 0.717) is 14.7 Å². The average Bonchev–Trinajstić information content (AvgIpc) is 2.84. The summed E-state index contributed by atoms with van der Waals surface area (Å²) in [4.78, 5) is 8.40. The lowest BCUT2D eigenvalue weighted by Crippen LogP contribution is -2.37. The molecule has 188 valence electrons. The standard InChI is InChI=1S/C26H21N3O6S2/c1-16-3-8-19(9-4-16)36(32,33)29(37(34,35)20-10-5-17(2)6-11-20)18-7-12-21-22(13-18)28-24-15-26(31)25(30)14-23(24)27-21/h3-15,30-31H,1-2H3. The molecule has 37 heavy (non-hydrogen) atoms. The smallest absolute Gasteiger partial charge is 0.277 e. The molecule has 0 fully saturated rings. The van der Waals surface area contributed by atoms with E-state index < -0.39 is 25.8 Å². The van der Waals surface area contributed by atoms with Crippen molar-refractivity contribution in [2.45, 2.75) is 23.6 Å². The molecule has 0 saturated heterocycles. The first-order chi connectivity index (χ1) is 17.5. The molecule has 0 saturated carbocycles. The third-order valence-electron chi connectivity index (χ3n) is 5.80. The Morgan fingerprint density at radius 3 is 1.43 bits per heavy atom. The second-order valence-electron chi connectivity index (χ2n) is 8.56. The molecule has 0 atom stereocenters. The van der Waals surface area contributed by atoms with E-state index in [4.69, 9.17) is 0 Å². The fourth-order valence-electron chi connectivity index (χ4n) is 3.82. The van der Waals surface area contributed by atoms with Gasteiger partial charge in [0.1, 0.15) is 0 Å². The quantitative estimate of drug-likeness (QED) is 0.250. The van der Waals surface area contributed by atoms with Gasteiger partial charge in [-0.1, -0.05) is 35.4 Å². The summed E-state index contributed by atoms with van der Waals surface area (Å²) in [5, 5.41) is 19.6. The van der Waals surface area contributed by atoms with E-state index in [-0.39, 0.29) is 32.3 Å². The Bertz CT molecular complexity index is 1810. The molecule has 4 aromatic carbocycles. The minimum Gasteiger partial charge on any atom is -0.504 e. The number of aryl methyl sites for hydroxylation is 2. The lowest BCUT2D eigenvalue weighted by molar-refractivity contribution is 0.404. The minimum atomic E-state index is -4.59. The van der Waals surface area contributed by atoms with Crippen LogP contribution in [0.5, 0.6) is 11.5 Å². The van der Waals surface area contributed by atoms with Crippen molar-refractivity contribution < 1.29 is 27.0 Å². The average molecular weight is 536 g/mol. The van der Waals surface area contributed by atoms with Crippen LogP contribution in [0.2, 0.25) is 0 Å². The third-order valence-corrected chi connectivity index (χ3v) is 10.0. The second-order valence-corrected chi connectivity index (χ2v) is 12.4. The van der Waals surface area contributed by atoms with Crippen molar-refractivity contribution in [3.8, 4) is 11.5 Å². The fraction of sp³-hybridized carbons (Fsp3) is 0.0769. The number of aromatic hydroxyl groups is 2. The predicted octanol–water partition coefficient (Wildman–Crippen LogP) is 4.40. The third kappa shape index (κ3) is 4.32. The SMILES string of the molecule is Cc1ccc(S(=O)(=O)N(c2ccc3nc4cc(O)c(O)cc4nc3c2)S(=O)(=O)c2ccc(C)cc2)cc1. The van der Waals surface area contributed by atoms with E-state index >= 15 is 0 Å². The van der Waals surface area contributed by atoms with Gasteiger partial charge in [0.2, 0.25) is 0 Å². The van der Waals surface area contributed by atoms with E-state index in [1.54, 1.807) is 38.1 Å². The molecule has 11 heteroatoms. The van der Waals surface area contributed by atoms with Crippen LogP contribution in [0.4, 0.5) is 5.69 Å². The Morgan fingerprint density at radius 1 is 0.568 bits per heavy atom. The van der Waals surface area contributed by atoms with Crippen LogP contribution in [0.15, 0.2) is 88.7 Å². The van der Waals surface area contributed by atoms with Crippen LogP contribution in [0.1, 0.15) is 11.1 Å². The molecule has 0 amide bonds. The fourth-order valence-corrected chi connectivity index (χ4v) is 7.50. The molecular formula is C26H21N3O6S2. The molecule has 9 nitrogen and oxygen atoms in total. The lowest BCUT2D eigenvalue weighted by Gasteiger charge is -2.24. The Labute approximate surface area is 213 Å². The van der Waals surface area contributed by atoms with Gasteiger partial charge in [-0.15, -0.1) is 0 Å². The summed E-state index contributed by atoms with van der Waals surface area (Å²) in [6.07, 6.45) is 0. The van der Waals surface area contributed by atoms with Gasteiger partial charge < -0.3 is 10.2 Å². The Kier molecular flexibility index (Phi) is 5.76. The lowest BCUT2D eigenvalue weighted by atomic mass is 10.2. The number of aromatic nitrogens is 2. The first-order valence-corrected chi connectivity index (χ1v) is 13.9. The number of nitrogens with zero attached hydrogens (tertiary/aromatic N) is 3. The first kappa shape index (κ1) is 24.5. The van der Waals surface area contributed by atoms with E-state index in [9.17, 15) is 27.0 Å². The number of phenols is 2. The van der Waals surface area contributed by atoms with Crippen molar-refractivity contribution in [3.05, 3.63) is 90.0 Å². The zero-order valence-electron chi connectivity index (χ0n) is 19.7. The number of sulfonamides is 2. The maximum atomic E-state index is 13.8. The number of phenolic OH excluding ortho intramolecular Hbond substituents is 2. The van der Waals surface area contributed by atoms with Gasteiger partial charge in [-0.2, -0.15) is 3.71 Å². The molecule has 2 N–H and O–H groups in total. The van der Waals surface area contributed by atoms with Crippen LogP contribution in [0, 0.1) is 13.8 Å². The maximum Gasteiger partial charge on any atom is 0.277 e. The number of hydrogen-bond acceptors (Lipinski definition) is 8. The summed E-state index contributed by atoms with van der Waals surface area (Å²) in [6, 6.07) is 18.3. The zero-order valence-corrected chi connectivity index (χ0v) is 21.3. The summed E-state index contributed by atoms with van der Waals surface area (Å²) >= 11 is 0. The molecule has 0 aliphatic rings. The van der Waals surface area contributed by atoms with Crippen LogP contribution in [0.25, 0.3) is 22.1 Å². The maximum absolute atomic E-state index is 13.8. The van der Waals surface area contributed by atoms with Gasteiger partial charge in [0.25, 0.3) is 20.0 Å². The van der Waals surface area contributed by atoms with E-state index in [1.807, 2.05) is 0 Å². The van der Waals surface area contributed by atoms with Gasteiger partial charge in [-0.3, -0.25) is 0 Å². The normalized spacial score (nSPS) is 12.2. The monoisotopic (exact) mass is 535 g/mol. The summed E-state index contributed by atoms with van der Waals surface area (Å²) < 4.78 is 55.6. The summed E-state index contributed by atoms with van der Waals surface area (Å²) in [5.41, 5.74) is 2.52. The molecule has 0 spiro atoms. The molecule has 0 unspecified atom stereocenters. The van der Waals surface area contributed by atoms with Crippen molar-refractivity contribution in [1.82, 2.24) is 9.97 Å². The molecule has 0 bridgehead atoms. The molecule has 0 aliphatic carbocycles. The highest BCUT2D eigenvalue weighted by atomic mass is 32.3. The Morgan fingerprint density at radius 2 is 0.973 bits per heavy atom. The van der Waals surface area contributed by atoms with Gasteiger partial charge in [0.15, 0.2) is 11.5 Å². The number of anilines is 1. The van der Waals surface area contributed by atoms with Crippen LogP contribution < -0.4 is 3.71 Å². The van der Waals surface area contributed by atoms with Crippen LogP contribution in [-0.2, 0) is 20.0 Å². The van der Waals surface area contributed by atoms with Gasteiger partial charge in [-0.25, -0.2) is 26.8 Å². The number of benzene rings is 4. The highest BCUT2D eigenvalue weighted by Crippen LogP contribution is 2.34. The summed E-state index contributed by atoms with van der Waals surface area (Å²) in [7, 11) is -9.17. The molecule has 0 aliphatic heterocycles. The van der Waals surface area contributed by atoms with Crippen molar-refractivity contribution in [2.24, 2.45) is 0 Å². The van der Waals surface area contributed by atoms with Crippen LogP contribution in [0.3, 0.4) is 0 Å². The molecule has 0 radical (unpaired) electrons. The van der Waals surface area contributed by atoms with E-state index in [0.717, 1.165) is 11.1 Å². The zero-order chi connectivity index (χ0) is 26.5. The van der Waals surface area contributed by atoms with Gasteiger partial charge in [-0.05, 0) is 56.3 Å². The number of hydrogen-bond donors (Lipinski definition) is 2.